The molecule has 0 bridgehead atoms. The summed E-state index contributed by atoms with van der Waals surface area (Å²) >= 11 is 2.22. The second-order valence-corrected chi connectivity index (χ2v) is 8.07. The van der Waals surface area contributed by atoms with E-state index in [1.54, 1.807) is 14.0 Å². The molecule has 1 aliphatic carbocycles. The van der Waals surface area contributed by atoms with Crippen molar-refractivity contribution in [2.24, 2.45) is 0 Å². The molecule has 0 amide bonds. The number of aromatic nitrogens is 2. The Bertz CT molecular complexity index is 570. The van der Waals surface area contributed by atoms with E-state index in [9.17, 15) is 8.42 Å². The van der Waals surface area contributed by atoms with E-state index < -0.39 is 15.1 Å². The zero-order valence-electron chi connectivity index (χ0n) is 10.6. The number of hydrogen-bond donors (Lipinski definition) is 1. The molecular formula is C11H16IN3O2S. The van der Waals surface area contributed by atoms with Gasteiger partial charge in [0.05, 0.1) is 9.26 Å². The van der Waals surface area contributed by atoms with Crippen LogP contribution < -0.4 is 5.32 Å². The van der Waals surface area contributed by atoms with Gasteiger partial charge < -0.3 is 5.32 Å². The average Bonchev–Trinajstić information content (AvgIpc) is 3.11. The van der Waals surface area contributed by atoms with E-state index >= 15 is 0 Å². The lowest BCUT2D eigenvalue weighted by Crippen LogP contribution is -2.15. The molecule has 1 heterocycles. The highest BCUT2D eigenvalue weighted by atomic mass is 127. The first-order valence-electron chi connectivity index (χ1n) is 5.78. The summed E-state index contributed by atoms with van der Waals surface area (Å²) in [5.41, 5.74) is 0.987. The molecule has 1 atom stereocenters. The quantitative estimate of drug-likeness (QED) is 0.809. The summed E-state index contributed by atoms with van der Waals surface area (Å²) in [6, 6.07) is 0. The molecular weight excluding hydrogens is 365 g/mol. The Morgan fingerprint density at radius 3 is 2.44 bits per heavy atom. The lowest BCUT2D eigenvalue weighted by atomic mass is 10.2. The zero-order valence-corrected chi connectivity index (χ0v) is 13.5. The molecule has 1 fully saturated rings. The first kappa shape index (κ1) is 14.0. The zero-order chi connectivity index (χ0) is 13.5. The Hall–Kier alpha value is -0.440. The molecule has 0 saturated heterocycles. The summed E-state index contributed by atoms with van der Waals surface area (Å²) < 4.78 is 24.2. The fourth-order valence-electron chi connectivity index (χ4n) is 1.65. The first-order chi connectivity index (χ1) is 8.34. The number of rotatable bonds is 4. The van der Waals surface area contributed by atoms with Crippen LogP contribution in [0.4, 0.5) is 5.82 Å². The predicted octanol–water partition coefficient (Wildman–Crippen LogP) is 2.11. The van der Waals surface area contributed by atoms with Gasteiger partial charge >= 0.3 is 0 Å². The van der Waals surface area contributed by atoms with Crippen molar-refractivity contribution < 1.29 is 8.42 Å². The lowest BCUT2D eigenvalue weighted by molar-refractivity contribution is 0.588. The molecule has 2 rings (SSSR count). The van der Waals surface area contributed by atoms with Crippen molar-refractivity contribution in [1.82, 2.24) is 9.97 Å². The minimum atomic E-state index is -3.17. The summed E-state index contributed by atoms with van der Waals surface area (Å²) in [5.74, 6) is 1.58. The number of nitrogens with zero attached hydrogens (tertiary/aromatic N) is 2. The van der Waals surface area contributed by atoms with Crippen LogP contribution in [-0.2, 0) is 9.84 Å². The van der Waals surface area contributed by atoms with Gasteiger partial charge in [-0.15, -0.1) is 0 Å². The average molecular weight is 381 g/mol. The van der Waals surface area contributed by atoms with E-state index in [2.05, 4.69) is 37.9 Å². The van der Waals surface area contributed by atoms with Gasteiger partial charge in [-0.1, -0.05) is 0 Å². The molecule has 1 aliphatic rings. The van der Waals surface area contributed by atoms with Gasteiger partial charge in [0.2, 0.25) is 0 Å². The van der Waals surface area contributed by atoms with Crippen LogP contribution in [0.5, 0.6) is 0 Å². The molecule has 1 N–H and O–H groups in total. The number of hydrogen-bond acceptors (Lipinski definition) is 5. The Balaban J connectivity index is 2.52. The highest BCUT2D eigenvalue weighted by Crippen LogP contribution is 2.42. The molecule has 0 aromatic carbocycles. The largest absolute Gasteiger partial charge is 0.372 e. The van der Waals surface area contributed by atoms with Crippen molar-refractivity contribution in [3.8, 4) is 0 Å². The topological polar surface area (TPSA) is 72.0 Å². The van der Waals surface area contributed by atoms with Crippen LogP contribution in [0.25, 0.3) is 0 Å². The number of halogens is 1. The summed E-state index contributed by atoms with van der Waals surface area (Å²) in [5, 5.41) is 2.34. The third-order valence-electron chi connectivity index (χ3n) is 3.10. The molecule has 0 spiro atoms. The molecule has 0 aliphatic heterocycles. The third kappa shape index (κ3) is 2.76. The van der Waals surface area contributed by atoms with Crippen LogP contribution in [0, 0.1) is 3.57 Å². The molecule has 0 radical (unpaired) electrons. The maximum Gasteiger partial charge on any atom is 0.157 e. The Kier molecular flexibility index (Phi) is 3.82. The molecule has 7 heteroatoms. The van der Waals surface area contributed by atoms with Gasteiger partial charge in [-0.05, 0) is 42.4 Å². The van der Waals surface area contributed by atoms with Crippen molar-refractivity contribution in [2.45, 2.75) is 30.9 Å². The summed E-state index contributed by atoms with van der Waals surface area (Å²) in [6.45, 7) is 1.63. The van der Waals surface area contributed by atoms with E-state index in [0.717, 1.165) is 27.9 Å². The number of anilines is 1. The van der Waals surface area contributed by atoms with Gasteiger partial charge in [0.1, 0.15) is 16.9 Å². The molecule has 1 aromatic rings. The van der Waals surface area contributed by atoms with Crippen molar-refractivity contribution in [3.05, 3.63) is 15.1 Å². The van der Waals surface area contributed by atoms with Crippen molar-refractivity contribution >= 4 is 38.2 Å². The Labute approximate surface area is 121 Å². The van der Waals surface area contributed by atoms with Crippen LogP contribution in [0.15, 0.2) is 0 Å². The maximum atomic E-state index is 11.6. The van der Waals surface area contributed by atoms with E-state index in [-0.39, 0.29) is 0 Å². The normalized spacial score (nSPS) is 17.6. The predicted molar refractivity (Wildman–Crippen MR) is 79.5 cm³/mol. The fourth-order valence-corrected chi connectivity index (χ4v) is 3.09. The van der Waals surface area contributed by atoms with Crippen LogP contribution in [0.3, 0.4) is 0 Å². The van der Waals surface area contributed by atoms with Gasteiger partial charge in [0, 0.05) is 19.2 Å². The van der Waals surface area contributed by atoms with Gasteiger partial charge in [-0.3, -0.25) is 0 Å². The SMILES string of the molecule is CNc1nc(C(C)S(C)(=O)=O)nc(C2CC2)c1I. The van der Waals surface area contributed by atoms with E-state index in [1.807, 2.05) is 0 Å². The molecule has 1 saturated carbocycles. The van der Waals surface area contributed by atoms with Crippen LogP contribution in [0.1, 0.15) is 42.5 Å². The maximum absolute atomic E-state index is 11.6. The van der Waals surface area contributed by atoms with Crippen LogP contribution in [-0.4, -0.2) is 31.7 Å². The lowest BCUT2D eigenvalue weighted by Gasteiger charge is -2.14. The minimum Gasteiger partial charge on any atom is -0.372 e. The van der Waals surface area contributed by atoms with Gasteiger partial charge in [-0.2, -0.15) is 0 Å². The molecule has 18 heavy (non-hydrogen) atoms. The summed E-state index contributed by atoms with van der Waals surface area (Å²) in [7, 11) is -1.38. The molecule has 1 unspecified atom stereocenters. The van der Waals surface area contributed by atoms with E-state index in [1.165, 1.54) is 6.26 Å². The van der Waals surface area contributed by atoms with Crippen molar-refractivity contribution in [2.75, 3.05) is 18.6 Å². The fraction of sp³-hybridized carbons (Fsp3) is 0.636. The Morgan fingerprint density at radius 2 is 2.00 bits per heavy atom. The smallest absolute Gasteiger partial charge is 0.157 e. The third-order valence-corrected chi connectivity index (χ3v) is 5.66. The van der Waals surface area contributed by atoms with Crippen molar-refractivity contribution in [1.29, 1.82) is 0 Å². The summed E-state index contributed by atoms with van der Waals surface area (Å²) in [6.07, 6.45) is 3.47. The highest BCUT2D eigenvalue weighted by molar-refractivity contribution is 14.1. The van der Waals surface area contributed by atoms with Crippen LogP contribution in [0.2, 0.25) is 0 Å². The first-order valence-corrected chi connectivity index (χ1v) is 8.82. The molecule has 100 valence electrons. The number of sulfone groups is 1. The molecule has 1 aromatic heterocycles. The highest BCUT2D eigenvalue weighted by Gasteiger charge is 2.31. The van der Waals surface area contributed by atoms with Gasteiger partial charge in [0.25, 0.3) is 0 Å². The second-order valence-electron chi connectivity index (χ2n) is 4.63. The van der Waals surface area contributed by atoms with Gasteiger partial charge in [0.15, 0.2) is 9.84 Å². The standard InChI is InChI=1S/C11H16IN3O2S/c1-6(18(3,16)17)10-14-9(7-4-5-7)8(12)11(13-2)15-10/h6-7H,4-5H2,1-3H3,(H,13,14,15). The Morgan fingerprint density at radius 1 is 1.39 bits per heavy atom. The minimum absolute atomic E-state index is 0.393. The van der Waals surface area contributed by atoms with E-state index in [4.69, 9.17) is 0 Å². The monoisotopic (exact) mass is 381 g/mol. The molecule has 5 nitrogen and oxygen atoms in total. The van der Waals surface area contributed by atoms with E-state index in [0.29, 0.717) is 11.7 Å². The number of nitrogens with one attached hydrogen (secondary N) is 1. The van der Waals surface area contributed by atoms with Crippen molar-refractivity contribution in [3.63, 3.8) is 0 Å². The van der Waals surface area contributed by atoms with Gasteiger partial charge in [-0.25, -0.2) is 18.4 Å². The van der Waals surface area contributed by atoms with Crippen LogP contribution >= 0.6 is 22.6 Å². The summed E-state index contributed by atoms with van der Waals surface area (Å²) in [4.78, 5) is 8.79. The second kappa shape index (κ2) is 4.92.